The number of nitrogens with one attached hydrogen (secondary N) is 1. The SMILES string of the molecule is CCN(CC)Cc1ccc(C(=O)NCc2ccc(C(N)=O)cc2)cc1. The molecule has 2 aromatic carbocycles. The van der Waals surface area contributed by atoms with E-state index < -0.39 is 5.91 Å². The van der Waals surface area contributed by atoms with Crippen LogP contribution in [0.1, 0.15) is 45.7 Å². The van der Waals surface area contributed by atoms with Crippen molar-refractivity contribution >= 4 is 11.8 Å². The maximum Gasteiger partial charge on any atom is 0.251 e. The fourth-order valence-electron chi connectivity index (χ4n) is 2.54. The Balaban J connectivity index is 1.91. The van der Waals surface area contributed by atoms with Crippen molar-refractivity contribution in [2.75, 3.05) is 13.1 Å². The normalized spacial score (nSPS) is 10.7. The topological polar surface area (TPSA) is 75.4 Å². The molecule has 0 atom stereocenters. The predicted molar refractivity (Wildman–Crippen MR) is 99.2 cm³/mol. The third-order valence-electron chi connectivity index (χ3n) is 4.21. The van der Waals surface area contributed by atoms with Crippen LogP contribution in [-0.2, 0) is 13.1 Å². The van der Waals surface area contributed by atoms with Gasteiger partial charge < -0.3 is 11.1 Å². The first-order valence-corrected chi connectivity index (χ1v) is 8.51. The van der Waals surface area contributed by atoms with Gasteiger partial charge in [0.1, 0.15) is 0 Å². The highest BCUT2D eigenvalue weighted by molar-refractivity contribution is 5.94. The number of benzene rings is 2. The van der Waals surface area contributed by atoms with Crippen LogP contribution >= 0.6 is 0 Å². The van der Waals surface area contributed by atoms with E-state index in [0.717, 1.165) is 25.2 Å². The number of nitrogens with zero attached hydrogens (tertiary/aromatic N) is 1. The van der Waals surface area contributed by atoms with Gasteiger partial charge in [-0.15, -0.1) is 0 Å². The Morgan fingerprint density at radius 1 is 0.880 bits per heavy atom. The third kappa shape index (κ3) is 5.43. The van der Waals surface area contributed by atoms with Gasteiger partial charge in [-0.3, -0.25) is 14.5 Å². The highest BCUT2D eigenvalue weighted by atomic mass is 16.2. The number of hydrogen-bond acceptors (Lipinski definition) is 3. The predicted octanol–water partition coefficient (Wildman–Crippen LogP) is 2.56. The molecule has 0 saturated carbocycles. The molecule has 5 nitrogen and oxygen atoms in total. The molecule has 0 unspecified atom stereocenters. The minimum atomic E-state index is -0.458. The zero-order chi connectivity index (χ0) is 18.2. The summed E-state index contributed by atoms with van der Waals surface area (Å²) in [6.45, 7) is 7.59. The number of amides is 2. The van der Waals surface area contributed by atoms with Crippen molar-refractivity contribution in [1.29, 1.82) is 0 Å². The molecule has 0 aromatic heterocycles. The monoisotopic (exact) mass is 339 g/mol. The Hall–Kier alpha value is -2.66. The lowest BCUT2D eigenvalue weighted by Gasteiger charge is -2.18. The van der Waals surface area contributed by atoms with E-state index in [0.29, 0.717) is 17.7 Å². The van der Waals surface area contributed by atoms with Crippen LogP contribution in [0.25, 0.3) is 0 Å². The Bertz CT molecular complexity index is 705. The Labute approximate surface area is 148 Å². The molecule has 0 aliphatic rings. The van der Waals surface area contributed by atoms with Crippen molar-refractivity contribution in [2.24, 2.45) is 5.73 Å². The van der Waals surface area contributed by atoms with Gasteiger partial charge in [0.2, 0.25) is 5.91 Å². The van der Waals surface area contributed by atoms with Gasteiger partial charge in [0, 0.05) is 24.2 Å². The van der Waals surface area contributed by atoms with E-state index in [2.05, 4.69) is 24.1 Å². The number of hydrogen-bond donors (Lipinski definition) is 2. The zero-order valence-electron chi connectivity index (χ0n) is 14.8. The maximum absolute atomic E-state index is 12.2. The molecule has 3 N–H and O–H groups in total. The van der Waals surface area contributed by atoms with E-state index in [-0.39, 0.29) is 5.91 Å². The first-order chi connectivity index (χ1) is 12.0. The summed E-state index contributed by atoms with van der Waals surface area (Å²) in [6.07, 6.45) is 0. The minimum Gasteiger partial charge on any atom is -0.366 e. The fraction of sp³-hybridized carbons (Fsp3) is 0.300. The van der Waals surface area contributed by atoms with Crippen molar-refractivity contribution in [3.63, 3.8) is 0 Å². The van der Waals surface area contributed by atoms with E-state index in [1.165, 1.54) is 5.56 Å². The van der Waals surface area contributed by atoms with E-state index in [1.54, 1.807) is 24.3 Å². The fourth-order valence-corrected chi connectivity index (χ4v) is 2.54. The van der Waals surface area contributed by atoms with Crippen LogP contribution in [0.5, 0.6) is 0 Å². The molecule has 5 heteroatoms. The van der Waals surface area contributed by atoms with Crippen molar-refractivity contribution in [3.05, 3.63) is 70.8 Å². The summed E-state index contributed by atoms with van der Waals surface area (Å²) in [6, 6.07) is 14.6. The third-order valence-corrected chi connectivity index (χ3v) is 4.21. The number of carbonyl (C=O) groups is 2. The average Bonchev–Trinajstić information content (AvgIpc) is 2.65. The van der Waals surface area contributed by atoms with E-state index in [9.17, 15) is 9.59 Å². The van der Waals surface area contributed by atoms with Gasteiger partial charge in [0.25, 0.3) is 5.91 Å². The summed E-state index contributed by atoms with van der Waals surface area (Å²) < 4.78 is 0. The summed E-state index contributed by atoms with van der Waals surface area (Å²) >= 11 is 0. The van der Waals surface area contributed by atoms with Gasteiger partial charge in [-0.25, -0.2) is 0 Å². The molecule has 0 spiro atoms. The van der Waals surface area contributed by atoms with Crippen LogP contribution < -0.4 is 11.1 Å². The maximum atomic E-state index is 12.2. The van der Waals surface area contributed by atoms with Crippen LogP contribution in [0.4, 0.5) is 0 Å². The second kappa shape index (κ2) is 8.99. The summed E-state index contributed by atoms with van der Waals surface area (Å²) in [5.41, 5.74) is 8.41. The molecule has 2 rings (SSSR count). The van der Waals surface area contributed by atoms with Crippen molar-refractivity contribution < 1.29 is 9.59 Å². The number of rotatable bonds is 8. The quantitative estimate of drug-likeness (QED) is 0.776. The van der Waals surface area contributed by atoms with Gasteiger partial charge in [0.05, 0.1) is 0 Å². The number of carbonyl (C=O) groups excluding carboxylic acids is 2. The molecule has 25 heavy (non-hydrogen) atoms. The largest absolute Gasteiger partial charge is 0.366 e. The van der Waals surface area contributed by atoms with Crippen LogP contribution in [0.3, 0.4) is 0 Å². The van der Waals surface area contributed by atoms with Crippen LogP contribution in [0.15, 0.2) is 48.5 Å². The highest BCUT2D eigenvalue weighted by Crippen LogP contribution is 2.09. The van der Waals surface area contributed by atoms with Crippen molar-refractivity contribution in [1.82, 2.24) is 10.2 Å². The summed E-state index contributed by atoms with van der Waals surface area (Å²) in [5, 5.41) is 2.88. The summed E-state index contributed by atoms with van der Waals surface area (Å²) in [5.74, 6) is -0.575. The lowest BCUT2D eigenvalue weighted by molar-refractivity contribution is 0.0949. The molecule has 0 aliphatic carbocycles. The van der Waals surface area contributed by atoms with E-state index >= 15 is 0 Å². The molecule has 132 valence electrons. The second-order valence-electron chi connectivity index (χ2n) is 5.90. The molecule has 2 aromatic rings. The average molecular weight is 339 g/mol. The molecule has 0 bridgehead atoms. The Morgan fingerprint density at radius 2 is 1.40 bits per heavy atom. The van der Waals surface area contributed by atoms with Crippen LogP contribution in [0, 0.1) is 0 Å². The summed E-state index contributed by atoms with van der Waals surface area (Å²) in [4.78, 5) is 25.6. The van der Waals surface area contributed by atoms with E-state index in [4.69, 9.17) is 5.73 Å². The number of nitrogens with two attached hydrogens (primary N) is 1. The molecule has 0 fully saturated rings. The lowest BCUT2D eigenvalue weighted by Crippen LogP contribution is -2.23. The van der Waals surface area contributed by atoms with Gasteiger partial charge in [-0.2, -0.15) is 0 Å². The molecule has 0 aliphatic heterocycles. The molecular formula is C20H25N3O2. The van der Waals surface area contributed by atoms with Gasteiger partial charge in [-0.1, -0.05) is 38.1 Å². The molecule has 0 heterocycles. The first-order valence-electron chi connectivity index (χ1n) is 8.51. The Morgan fingerprint density at radius 3 is 1.92 bits per heavy atom. The smallest absolute Gasteiger partial charge is 0.251 e. The second-order valence-corrected chi connectivity index (χ2v) is 5.90. The van der Waals surface area contributed by atoms with Crippen LogP contribution in [0.2, 0.25) is 0 Å². The summed E-state index contributed by atoms with van der Waals surface area (Å²) in [7, 11) is 0. The van der Waals surface area contributed by atoms with Gasteiger partial charge in [0.15, 0.2) is 0 Å². The minimum absolute atomic E-state index is 0.117. The first kappa shape index (κ1) is 18.7. The number of primary amides is 1. The highest BCUT2D eigenvalue weighted by Gasteiger charge is 2.07. The van der Waals surface area contributed by atoms with Gasteiger partial charge in [-0.05, 0) is 48.5 Å². The van der Waals surface area contributed by atoms with Gasteiger partial charge >= 0.3 is 0 Å². The molecule has 0 saturated heterocycles. The Kier molecular flexibility index (Phi) is 6.71. The van der Waals surface area contributed by atoms with Crippen molar-refractivity contribution in [2.45, 2.75) is 26.9 Å². The molecule has 0 radical (unpaired) electrons. The zero-order valence-corrected chi connectivity index (χ0v) is 14.8. The van der Waals surface area contributed by atoms with Crippen molar-refractivity contribution in [3.8, 4) is 0 Å². The lowest BCUT2D eigenvalue weighted by atomic mass is 10.1. The van der Waals surface area contributed by atoms with Crippen LogP contribution in [-0.4, -0.2) is 29.8 Å². The standard InChI is InChI=1S/C20H25N3O2/c1-3-23(4-2)14-16-7-11-18(12-8-16)20(25)22-13-15-5-9-17(10-6-15)19(21)24/h5-12H,3-4,13-14H2,1-2H3,(H2,21,24)(H,22,25). The molecule has 2 amide bonds. The van der Waals surface area contributed by atoms with E-state index in [1.807, 2.05) is 24.3 Å². The molecular weight excluding hydrogens is 314 g/mol.